The van der Waals surface area contributed by atoms with E-state index in [1.807, 2.05) is 12.1 Å². The van der Waals surface area contributed by atoms with E-state index in [1.165, 1.54) is 44.2 Å². The minimum Gasteiger partial charge on any atom is -0.376 e. The highest BCUT2D eigenvalue weighted by molar-refractivity contribution is 6.30. The fraction of sp³-hybridized carbons (Fsp3) is 0.727. The van der Waals surface area contributed by atoms with Crippen molar-refractivity contribution in [2.24, 2.45) is 11.3 Å². The molecule has 2 N–H and O–H groups in total. The predicted molar refractivity (Wildman–Crippen MR) is 107 cm³/mol. The van der Waals surface area contributed by atoms with Crippen molar-refractivity contribution in [2.75, 3.05) is 13.2 Å². The zero-order valence-corrected chi connectivity index (χ0v) is 17.5. The maximum Gasteiger partial charge on any atom is 0.109 e. The molecule has 0 saturated carbocycles. The lowest BCUT2D eigenvalue weighted by Gasteiger charge is -2.45. The lowest BCUT2D eigenvalue weighted by Crippen LogP contribution is -2.85. The monoisotopic (exact) mass is 366 g/mol. The molecule has 1 saturated heterocycles. The third-order valence-electron chi connectivity index (χ3n) is 5.77. The molecule has 25 heavy (non-hydrogen) atoms. The van der Waals surface area contributed by atoms with Crippen LogP contribution in [0.25, 0.3) is 0 Å². The van der Waals surface area contributed by atoms with Gasteiger partial charge in [0.1, 0.15) is 6.04 Å². The van der Waals surface area contributed by atoms with Crippen LogP contribution >= 0.6 is 11.6 Å². The summed E-state index contributed by atoms with van der Waals surface area (Å²) in [4.78, 5) is 0. The minimum absolute atomic E-state index is 0.0248. The molecule has 3 heteroatoms. The minimum atomic E-state index is 0.0248. The van der Waals surface area contributed by atoms with E-state index in [0.717, 1.165) is 17.5 Å². The van der Waals surface area contributed by atoms with Gasteiger partial charge in [-0.2, -0.15) is 0 Å². The maximum atomic E-state index is 6.01. The van der Waals surface area contributed by atoms with Crippen LogP contribution in [0.15, 0.2) is 24.3 Å². The number of hydrogen-bond acceptors (Lipinski definition) is 1. The van der Waals surface area contributed by atoms with Gasteiger partial charge in [0.05, 0.1) is 12.1 Å². The zero-order valence-electron chi connectivity index (χ0n) is 16.8. The molecule has 1 fully saturated rings. The SMILES string of the molecule is CC(C)CC[C@@]1(CC[NH2+][C@H](C)c2ccc(Cl)cc2)CCOC(C)(C)C1. The third kappa shape index (κ3) is 6.58. The number of benzene rings is 1. The van der Waals surface area contributed by atoms with Crippen LogP contribution in [0.1, 0.15) is 78.3 Å². The Bertz CT molecular complexity index is 525. The maximum absolute atomic E-state index is 6.01. The number of ether oxygens (including phenoxy) is 1. The molecule has 2 rings (SSSR count). The lowest BCUT2D eigenvalue weighted by atomic mass is 9.68. The first kappa shape index (κ1) is 20.7. The largest absolute Gasteiger partial charge is 0.376 e. The van der Waals surface area contributed by atoms with E-state index in [0.29, 0.717) is 11.5 Å². The predicted octanol–water partition coefficient (Wildman–Crippen LogP) is 5.37. The molecule has 142 valence electrons. The van der Waals surface area contributed by atoms with Crippen molar-refractivity contribution in [1.82, 2.24) is 0 Å². The van der Waals surface area contributed by atoms with Crippen LogP contribution in [0.2, 0.25) is 5.02 Å². The van der Waals surface area contributed by atoms with E-state index >= 15 is 0 Å². The highest BCUT2D eigenvalue weighted by atomic mass is 35.5. The highest BCUT2D eigenvalue weighted by Crippen LogP contribution is 2.45. The van der Waals surface area contributed by atoms with E-state index in [2.05, 4.69) is 52.1 Å². The first-order valence-corrected chi connectivity index (χ1v) is 10.3. The van der Waals surface area contributed by atoms with Crippen LogP contribution in [0.3, 0.4) is 0 Å². The zero-order chi connectivity index (χ0) is 18.5. The number of halogens is 1. The van der Waals surface area contributed by atoms with Gasteiger partial charge in [0.15, 0.2) is 0 Å². The Hall–Kier alpha value is -0.570. The molecule has 1 aromatic carbocycles. The van der Waals surface area contributed by atoms with Gasteiger partial charge < -0.3 is 10.1 Å². The molecular weight excluding hydrogens is 330 g/mol. The Morgan fingerprint density at radius 2 is 1.80 bits per heavy atom. The first-order chi connectivity index (χ1) is 11.7. The van der Waals surface area contributed by atoms with Crippen molar-refractivity contribution in [2.45, 2.75) is 78.4 Å². The first-order valence-electron chi connectivity index (χ1n) is 9.94. The van der Waals surface area contributed by atoms with Gasteiger partial charge in [0.25, 0.3) is 0 Å². The number of rotatable bonds is 8. The van der Waals surface area contributed by atoms with E-state index in [1.54, 1.807) is 0 Å². The molecule has 2 atom stereocenters. The normalized spacial score (nSPS) is 24.4. The molecule has 0 bridgehead atoms. The number of hydrogen-bond donors (Lipinski definition) is 1. The van der Waals surface area contributed by atoms with Crippen molar-refractivity contribution in [3.63, 3.8) is 0 Å². The summed E-state index contributed by atoms with van der Waals surface area (Å²) in [5.41, 5.74) is 1.83. The van der Waals surface area contributed by atoms with Crippen LogP contribution in [0.5, 0.6) is 0 Å². The van der Waals surface area contributed by atoms with E-state index in [9.17, 15) is 0 Å². The van der Waals surface area contributed by atoms with Gasteiger partial charge in [-0.05, 0) is 63.5 Å². The standard InChI is InChI=1S/C22H36ClNO/c1-17(2)10-11-22(13-15-25-21(4,5)16-22)12-14-24-18(3)19-6-8-20(23)9-7-19/h6-9,17-18,24H,10-16H2,1-5H3/p+1/t18-,22-/m1/s1. The van der Waals surface area contributed by atoms with Crippen LogP contribution in [-0.2, 0) is 4.74 Å². The summed E-state index contributed by atoms with van der Waals surface area (Å²) >= 11 is 6.01. The van der Waals surface area contributed by atoms with Crippen LogP contribution in [-0.4, -0.2) is 18.8 Å². The number of nitrogens with two attached hydrogens (primary N) is 1. The summed E-state index contributed by atoms with van der Waals surface area (Å²) < 4.78 is 6.01. The molecule has 1 heterocycles. The van der Waals surface area contributed by atoms with Gasteiger partial charge >= 0.3 is 0 Å². The van der Waals surface area contributed by atoms with Crippen molar-refractivity contribution in [1.29, 1.82) is 0 Å². The molecule has 2 nitrogen and oxygen atoms in total. The molecule has 0 unspecified atom stereocenters. The molecule has 0 aromatic heterocycles. The van der Waals surface area contributed by atoms with Gasteiger partial charge in [0.2, 0.25) is 0 Å². The average Bonchev–Trinajstić information content (AvgIpc) is 2.53. The van der Waals surface area contributed by atoms with Gasteiger partial charge in [0, 0.05) is 23.6 Å². The van der Waals surface area contributed by atoms with Gasteiger partial charge in [-0.15, -0.1) is 0 Å². The Morgan fingerprint density at radius 3 is 2.40 bits per heavy atom. The Morgan fingerprint density at radius 1 is 1.12 bits per heavy atom. The van der Waals surface area contributed by atoms with Crippen molar-refractivity contribution < 1.29 is 10.1 Å². The van der Waals surface area contributed by atoms with Crippen LogP contribution < -0.4 is 5.32 Å². The van der Waals surface area contributed by atoms with Crippen LogP contribution in [0.4, 0.5) is 0 Å². The van der Waals surface area contributed by atoms with Crippen molar-refractivity contribution in [3.8, 4) is 0 Å². The molecule has 1 aliphatic rings. The van der Waals surface area contributed by atoms with E-state index < -0.39 is 0 Å². The summed E-state index contributed by atoms with van der Waals surface area (Å²) in [6, 6.07) is 8.76. The molecule has 1 aliphatic heterocycles. The Kier molecular flexibility index (Phi) is 7.37. The molecule has 0 spiro atoms. The van der Waals surface area contributed by atoms with Gasteiger partial charge in [-0.25, -0.2) is 0 Å². The summed E-state index contributed by atoms with van der Waals surface area (Å²) in [6.45, 7) is 13.6. The lowest BCUT2D eigenvalue weighted by molar-refractivity contribution is -0.694. The van der Waals surface area contributed by atoms with E-state index in [-0.39, 0.29) is 5.60 Å². The number of quaternary nitrogens is 1. The molecule has 0 aliphatic carbocycles. The second-order valence-electron chi connectivity index (χ2n) is 9.08. The smallest absolute Gasteiger partial charge is 0.109 e. The van der Waals surface area contributed by atoms with Crippen LogP contribution in [0, 0.1) is 11.3 Å². The van der Waals surface area contributed by atoms with Gasteiger partial charge in [-0.1, -0.05) is 44.0 Å². The summed E-state index contributed by atoms with van der Waals surface area (Å²) in [7, 11) is 0. The van der Waals surface area contributed by atoms with Gasteiger partial charge in [-0.3, -0.25) is 0 Å². The summed E-state index contributed by atoms with van der Waals surface area (Å²) in [6.07, 6.45) is 6.34. The Balaban J connectivity index is 1.93. The third-order valence-corrected chi connectivity index (χ3v) is 6.02. The quantitative estimate of drug-likeness (QED) is 0.657. The fourth-order valence-electron chi connectivity index (χ4n) is 4.27. The Labute approximate surface area is 159 Å². The highest BCUT2D eigenvalue weighted by Gasteiger charge is 2.40. The van der Waals surface area contributed by atoms with E-state index in [4.69, 9.17) is 16.3 Å². The van der Waals surface area contributed by atoms with Crippen molar-refractivity contribution >= 4 is 11.6 Å². The summed E-state index contributed by atoms with van der Waals surface area (Å²) in [5, 5.41) is 3.30. The fourth-order valence-corrected chi connectivity index (χ4v) is 4.40. The second-order valence-corrected chi connectivity index (χ2v) is 9.52. The molecule has 0 radical (unpaired) electrons. The second kappa shape index (κ2) is 8.88. The summed E-state index contributed by atoms with van der Waals surface area (Å²) in [5.74, 6) is 0.778. The molecule has 1 aromatic rings. The molecule has 0 amide bonds. The molecular formula is C22H37ClNO+. The average molecular weight is 367 g/mol. The topological polar surface area (TPSA) is 25.8 Å². The van der Waals surface area contributed by atoms with Crippen molar-refractivity contribution in [3.05, 3.63) is 34.9 Å².